The smallest absolute Gasteiger partial charge is 0.303 e. The molecule has 0 aromatic heterocycles. The molecule has 0 saturated carbocycles. The van der Waals surface area contributed by atoms with E-state index in [2.05, 4.69) is 5.32 Å². The lowest BCUT2D eigenvalue weighted by Gasteiger charge is -2.23. The number of amides is 1. The van der Waals surface area contributed by atoms with Gasteiger partial charge in [0.25, 0.3) is 0 Å². The van der Waals surface area contributed by atoms with Crippen LogP contribution >= 0.6 is 0 Å². The van der Waals surface area contributed by atoms with E-state index in [0.717, 1.165) is 6.42 Å². The second-order valence-corrected chi connectivity index (χ2v) is 7.62. The van der Waals surface area contributed by atoms with Gasteiger partial charge in [-0.1, -0.05) is 13.3 Å². The van der Waals surface area contributed by atoms with Crippen molar-refractivity contribution in [2.24, 2.45) is 0 Å². The van der Waals surface area contributed by atoms with Crippen LogP contribution in [0.3, 0.4) is 0 Å². The Morgan fingerprint density at radius 1 is 1.27 bits per heavy atom. The summed E-state index contributed by atoms with van der Waals surface area (Å²) in [5.41, 5.74) is 0. The molecule has 7 nitrogen and oxygen atoms in total. The van der Waals surface area contributed by atoms with Crippen molar-refractivity contribution in [1.29, 1.82) is 0 Å². The largest absolute Gasteiger partial charge is 0.481 e. The second kappa shape index (κ2) is 9.09. The van der Waals surface area contributed by atoms with Crippen LogP contribution in [0.5, 0.6) is 0 Å². The Labute approximate surface area is 132 Å². The molecule has 1 saturated heterocycles. The number of nitrogens with one attached hydrogen (secondary N) is 1. The Bertz CT molecular complexity index is 478. The van der Waals surface area contributed by atoms with Gasteiger partial charge in [0.2, 0.25) is 15.9 Å². The lowest BCUT2D eigenvalue weighted by Crippen LogP contribution is -2.46. The van der Waals surface area contributed by atoms with Gasteiger partial charge in [-0.05, 0) is 32.1 Å². The van der Waals surface area contributed by atoms with Crippen molar-refractivity contribution in [2.45, 2.75) is 57.9 Å². The maximum atomic E-state index is 12.1. The third kappa shape index (κ3) is 5.92. The van der Waals surface area contributed by atoms with Gasteiger partial charge in [0.15, 0.2) is 0 Å². The Hall–Kier alpha value is -1.15. The van der Waals surface area contributed by atoms with Crippen molar-refractivity contribution in [2.75, 3.05) is 18.8 Å². The Morgan fingerprint density at radius 2 is 2.00 bits per heavy atom. The van der Waals surface area contributed by atoms with Crippen LogP contribution < -0.4 is 5.32 Å². The van der Waals surface area contributed by atoms with Crippen molar-refractivity contribution in [1.82, 2.24) is 9.62 Å². The summed E-state index contributed by atoms with van der Waals surface area (Å²) < 4.78 is 25.6. The molecule has 1 aliphatic rings. The van der Waals surface area contributed by atoms with Gasteiger partial charge in [0, 0.05) is 19.5 Å². The first-order valence-electron chi connectivity index (χ1n) is 7.87. The third-order valence-corrected chi connectivity index (χ3v) is 5.77. The number of carboxylic acids is 1. The number of unbranched alkanes of at least 4 members (excludes halogenated alkanes) is 2. The number of rotatable bonds is 10. The first-order chi connectivity index (χ1) is 10.4. The Balaban J connectivity index is 2.36. The average molecular weight is 334 g/mol. The number of sulfonamides is 1. The molecular weight excluding hydrogens is 308 g/mol. The molecule has 1 unspecified atom stereocenters. The van der Waals surface area contributed by atoms with Crippen molar-refractivity contribution < 1.29 is 23.1 Å². The second-order valence-electron chi connectivity index (χ2n) is 5.58. The minimum atomic E-state index is -3.35. The predicted octanol–water partition coefficient (Wildman–Crippen LogP) is 0.952. The molecule has 1 heterocycles. The molecule has 0 aromatic carbocycles. The molecule has 128 valence electrons. The number of hydrogen-bond acceptors (Lipinski definition) is 4. The number of carboxylic acid groups (broad SMARTS) is 1. The van der Waals surface area contributed by atoms with E-state index in [1.54, 1.807) is 6.92 Å². The maximum Gasteiger partial charge on any atom is 0.303 e. The van der Waals surface area contributed by atoms with Crippen molar-refractivity contribution >= 4 is 21.9 Å². The maximum absolute atomic E-state index is 12.1. The van der Waals surface area contributed by atoms with E-state index >= 15 is 0 Å². The monoisotopic (exact) mass is 334 g/mol. The Kier molecular flexibility index (Phi) is 7.81. The number of nitrogens with zero attached hydrogens (tertiary/aromatic N) is 1. The lowest BCUT2D eigenvalue weighted by atomic mass is 10.2. The topological polar surface area (TPSA) is 104 Å². The summed E-state index contributed by atoms with van der Waals surface area (Å²) in [5.74, 6) is -0.978. The first-order valence-corrected chi connectivity index (χ1v) is 9.48. The highest BCUT2D eigenvalue weighted by Crippen LogP contribution is 2.22. The molecule has 0 aliphatic carbocycles. The van der Waals surface area contributed by atoms with Gasteiger partial charge < -0.3 is 10.4 Å². The summed E-state index contributed by atoms with van der Waals surface area (Å²) in [5, 5.41) is 11.3. The van der Waals surface area contributed by atoms with Gasteiger partial charge in [-0.15, -0.1) is 0 Å². The Morgan fingerprint density at radius 3 is 2.64 bits per heavy atom. The van der Waals surface area contributed by atoms with Crippen molar-refractivity contribution in [3.05, 3.63) is 0 Å². The van der Waals surface area contributed by atoms with Crippen LogP contribution in [0.15, 0.2) is 0 Å². The molecule has 1 atom stereocenters. The molecule has 8 heteroatoms. The minimum absolute atomic E-state index is 0.0754. The molecule has 1 aliphatic heterocycles. The fraction of sp³-hybridized carbons (Fsp3) is 0.857. The molecule has 1 rings (SSSR count). The molecular formula is C14H26N2O5S. The summed E-state index contributed by atoms with van der Waals surface area (Å²) in [7, 11) is -3.35. The molecule has 0 radical (unpaired) electrons. The van der Waals surface area contributed by atoms with Gasteiger partial charge in [-0.2, -0.15) is 4.31 Å². The van der Waals surface area contributed by atoms with Crippen LogP contribution in [0, 0.1) is 0 Å². The van der Waals surface area contributed by atoms with Gasteiger partial charge in [0.1, 0.15) is 6.04 Å². The molecule has 2 N–H and O–H groups in total. The van der Waals surface area contributed by atoms with Gasteiger partial charge in [-0.3, -0.25) is 9.59 Å². The van der Waals surface area contributed by atoms with Gasteiger partial charge >= 0.3 is 5.97 Å². The zero-order valence-corrected chi connectivity index (χ0v) is 13.9. The summed E-state index contributed by atoms with van der Waals surface area (Å²) in [4.78, 5) is 22.5. The minimum Gasteiger partial charge on any atom is -0.481 e. The van der Waals surface area contributed by atoms with Crippen LogP contribution in [-0.4, -0.2) is 54.6 Å². The summed E-state index contributed by atoms with van der Waals surface area (Å²) in [6, 6.07) is -0.587. The van der Waals surface area contributed by atoms with E-state index < -0.39 is 22.0 Å². The highest BCUT2D eigenvalue weighted by atomic mass is 32.2. The van der Waals surface area contributed by atoms with Crippen molar-refractivity contribution in [3.8, 4) is 0 Å². The van der Waals surface area contributed by atoms with Crippen molar-refractivity contribution in [3.63, 3.8) is 0 Å². The SMILES string of the molecule is CCCS(=O)(=O)N1CCCC1C(=O)NCCCCCC(=O)O. The van der Waals surface area contributed by atoms with E-state index in [-0.39, 0.29) is 18.1 Å². The average Bonchev–Trinajstić information content (AvgIpc) is 2.92. The molecule has 1 fully saturated rings. The van der Waals surface area contributed by atoms with E-state index in [9.17, 15) is 18.0 Å². The highest BCUT2D eigenvalue weighted by Gasteiger charge is 2.37. The fourth-order valence-corrected chi connectivity index (χ4v) is 4.36. The number of carbonyl (C=O) groups excluding carboxylic acids is 1. The van der Waals surface area contributed by atoms with Crippen LogP contribution in [0.2, 0.25) is 0 Å². The van der Waals surface area contributed by atoms with E-state index in [0.29, 0.717) is 45.2 Å². The normalized spacial score (nSPS) is 19.2. The van der Waals surface area contributed by atoms with Gasteiger partial charge in [-0.25, -0.2) is 8.42 Å². The number of carbonyl (C=O) groups is 2. The quantitative estimate of drug-likeness (QED) is 0.579. The standard InChI is InChI=1S/C14H26N2O5S/c1-2-11-22(20,21)16-10-6-7-12(16)14(19)15-9-5-3-4-8-13(17)18/h12H,2-11H2,1H3,(H,15,19)(H,17,18). The van der Waals surface area contributed by atoms with Crippen LogP contribution in [-0.2, 0) is 19.6 Å². The van der Waals surface area contributed by atoms with Gasteiger partial charge in [0.05, 0.1) is 5.75 Å². The first kappa shape index (κ1) is 18.9. The molecule has 0 spiro atoms. The highest BCUT2D eigenvalue weighted by molar-refractivity contribution is 7.89. The molecule has 22 heavy (non-hydrogen) atoms. The predicted molar refractivity (Wildman–Crippen MR) is 82.9 cm³/mol. The van der Waals surface area contributed by atoms with Crippen LogP contribution in [0.1, 0.15) is 51.9 Å². The van der Waals surface area contributed by atoms with E-state index in [1.807, 2.05) is 0 Å². The fourth-order valence-electron chi connectivity index (χ4n) is 2.62. The zero-order chi connectivity index (χ0) is 16.6. The summed E-state index contributed by atoms with van der Waals surface area (Å²) in [6.07, 6.45) is 3.97. The summed E-state index contributed by atoms with van der Waals surface area (Å²) >= 11 is 0. The zero-order valence-electron chi connectivity index (χ0n) is 13.1. The van der Waals surface area contributed by atoms with E-state index in [4.69, 9.17) is 5.11 Å². The summed E-state index contributed by atoms with van der Waals surface area (Å²) in [6.45, 7) is 2.68. The van der Waals surface area contributed by atoms with Crippen LogP contribution in [0.4, 0.5) is 0 Å². The number of hydrogen-bond donors (Lipinski definition) is 2. The van der Waals surface area contributed by atoms with Crippen LogP contribution in [0.25, 0.3) is 0 Å². The molecule has 0 bridgehead atoms. The molecule has 0 aromatic rings. The lowest BCUT2D eigenvalue weighted by molar-refractivity contribution is -0.137. The molecule has 1 amide bonds. The third-order valence-electron chi connectivity index (χ3n) is 3.69. The number of aliphatic carboxylic acids is 1. The van der Waals surface area contributed by atoms with E-state index in [1.165, 1.54) is 4.31 Å².